The Labute approximate surface area is 498 Å². The lowest BCUT2D eigenvalue weighted by Crippen LogP contribution is -2.22. The molecule has 1 atom stereocenters. The molecule has 1 heterocycles. The fraction of sp³-hybridized carbons (Fsp3) is 0.119. The number of benzene rings is 11. The van der Waals surface area contributed by atoms with E-state index < -0.39 is 0 Å². The van der Waals surface area contributed by atoms with Gasteiger partial charge >= 0.3 is 0 Å². The number of hydrogen-bond donors (Lipinski definition) is 0. The van der Waals surface area contributed by atoms with Crippen LogP contribution in [0.4, 0.5) is 0 Å². The summed E-state index contributed by atoms with van der Waals surface area (Å²) in [5, 5.41) is 7.68. The Balaban J connectivity index is 0.710. The summed E-state index contributed by atoms with van der Waals surface area (Å²) in [5.41, 5.74) is 31.5. The fourth-order valence-electron chi connectivity index (χ4n) is 15.2. The van der Waals surface area contributed by atoms with E-state index in [1.54, 1.807) is 5.57 Å². The van der Waals surface area contributed by atoms with Crippen molar-refractivity contribution in [2.24, 2.45) is 5.41 Å². The molecule has 5 aliphatic rings. The minimum absolute atomic E-state index is 0.0157. The second-order valence-electron chi connectivity index (χ2n) is 24.7. The van der Waals surface area contributed by atoms with Gasteiger partial charge in [-0.15, -0.1) is 0 Å². The fourth-order valence-corrected chi connectivity index (χ4v) is 15.2. The molecule has 0 bridgehead atoms. The van der Waals surface area contributed by atoms with Crippen LogP contribution >= 0.6 is 0 Å². The van der Waals surface area contributed by atoms with Crippen molar-refractivity contribution in [1.29, 1.82) is 0 Å². The zero-order valence-electron chi connectivity index (χ0n) is 48.0. The standard InChI is InChI=1S/C84H63N/c1-84(81-23-11-16-61-13-3-7-19-75(61)81)46-44-59(45-47-84)56-26-30-58(31-27-56)64-38-43-83-80(52-64)79-51-63(57-28-24-54(25-29-57)55-32-34-62(35-33-55)71-22-10-15-60-12-2-5-17-70(60)71)37-42-82(79)85(83)69-39-41-74-68(50-69)49-67-48-66(36-40-73(67)74)78-53-65-14-4-6-18-72(65)76-20-8-9-21-77(76)78/h4-10,14-15,17-46,48,50-53H,2-3,11-13,16,47,49H2,1H3. The van der Waals surface area contributed by atoms with Crippen molar-refractivity contribution >= 4 is 55.0 Å². The molecule has 0 spiro atoms. The molecule has 1 heteroatoms. The first-order valence-corrected chi connectivity index (χ1v) is 30.8. The number of aryl methyl sites for hydroxylation is 1. The van der Waals surface area contributed by atoms with Crippen molar-refractivity contribution in [3.8, 4) is 72.4 Å². The van der Waals surface area contributed by atoms with E-state index in [-0.39, 0.29) is 5.41 Å². The summed E-state index contributed by atoms with van der Waals surface area (Å²) in [6.45, 7) is 2.43. The van der Waals surface area contributed by atoms with Crippen LogP contribution in [0.3, 0.4) is 0 Å². The Hall–Kier alpha value is -9.82. The summed E-state index contributed by atoms with van der Waals surface area (Å²) >= 11 is 0. The van der Waals surface area contributed by atoms with Crippen LogP contribution in [0.15, 0.2) is 278 Å². The number of aromatic nitrogens is 1. The first-order chi connectivity index (χ1) is 41.9. The lowest BCUT2D eigenvalue weighted by Gasteiger charge is -2.36. The summed E-state index contributed by atoms with van der Waals surface area (Å²) in [4.78, 5) is 0. The van der Waals surface area contributed by atoms with Gasteiger partial charge in [0.05, 0.1) is 11.0 Å². The molecule has 11 aromatic carbocycles. The molecule has 17 rings (SSSR count). The lowest BCUT2D eigenvalue weighted by atomic mass is 9.68. The third kappa shape index (κ3) is 8.42. The zero-order valence-corrected chi connectivity index (χ0v) is 48.0. The second kappa shape index (κ2) is 19.9. The van der Waals surface area contributed by atoms with Gasteiger partial charge in [0, 0.05) is 21.9 Å². The summed E-state index contributed by atoms with van der Waals surface area (Å²) < 4.78 is 2.51. The molecule has 0 saturated heterocycles. The van der Waals surface area contributed by atoms with Crippen molar-refractivity contribution in [3.05, 3.63) is 305 Å². The molecule has 12 aromatic rings. The van der Waals surface area contributed by atoms with Gasteiger partial charge in [0.2, 0.25) is 0 Å². The van der Waals surface area contributed by atoms with E-state index >= 15 is 0 Å². The highest BCUT2D eigenvalue weighted by molar-refractivity contribution is 6.14. The summed E-state index contributed by atoms with van der Waals surface area (Å²) in [7, 11) is 0. The average Bonchev–Trinajstić information content (AvgIpc) is 2.67. The molecular formula is C84H63N. The van der Waals surface area contributed by atoms with Crippen LogP contribution in [0.2, 0.25) is 0 Å². The Morgan fingerprint density at radius 2 is 0.976 bits per heavy atom. The van der Waals surface area contributed by atoms with Crippen molar-refractivity contribution in [2.45, 2.75) is 58.3 Å². The average molecular weight is 1090 g/mol. The maximum absolute atomic E-state index is 2.52. The van der Waals surface area contributed by atoms with Crippen molar-refractivity contribution in [2.75, 3.05) is 0 Å². The maximum atomic E-state index is 2.52. The van der Waals surface area contributed by atoms with Crippen LogP contribution in [0.25, 0.3) is 127 Å². The highest BCUT2D eigenvalue weighted by Crippen LogP contribution is 2.48. The first-order valence-electron chi connectivity index (χ1n) is 30.8. The highest BCUT2D eigenvalue weighted by atomic mass is 15.0. The van der Waals surface area contributed by atoms with Gasteiger partial charge in [-0.2, -0.15) is 0 Å². The van der Waals surface area contributed by atoms with Crippen LogP contribution in [0.5, 0.6) is 0 Å². The van der Waals surface area contributed by atoms with E-state index in [2.05, 4.69) is 278 Å². The van der Waals surface area contributed by atoms with Gasteiger partial charge in [0.1, 0.15) is 0 Å². The SMILES string of the molecule is CC1(C2=CCCC3=C2C=CCC3)C=CC(c2ccc(-c3ccc4c(c3)c3cc(-c5ccc(-c6ccc(-c7cccc8c7C=CCC8)cc6)cc5)ccc3n4-c3ccc4c(c3)Cc3cc(-c5cc6ccccc6c6ccccc56)ccc3-4)cc2)=CC1. The van der Waals surface area contributed by atoms with E-state index in [9.17, 15) is 0 Å². The molecule has 0 saturated carbocycles. The Morgan fingerprint density at radius 1 is 0.376 bits per heavy atom. The molecule has 5 aliphatic carbocycles. The molecule has 0 fully saturated rings. The minimum atomic E-state index is 0.0157. The smallest absolute Gasteiger partial charge is 0.0541 e. The number of hydrogen-bond acceptors (Lipinski definition) is 0. The third-order valence-corrected chi connectivity index (χ3v) is 19.7. The van der Waals surface area contributed by atoms with Gasteiger partial charge in [-0.1, -0.05) is 237 Å². The lowest BCUT2D eigenvalue weighted by molar-refractivity contribution is 0.518. The molecule has 0 amide bonds. The Bertz CT molecular complexity index is 4960. The molecule has 1 aromatic heterocycles. The Morgan fingerprint density at radius 3 is 1.71 bits per heavy atom. The van der Waals surface area contributed by atoms with Gasteiger partial charge in [-0.3, -0.25) is 0 Å². The van der Waals surface area contributed by atoms with Crippen LogP contribution in [-0.4, -0.2) is 4.57 Å². The van der Waals surface area contributed by atoms with E-state index in [1.807, 2.05) is 0 Å². The van der Waals surface area contributed by atoms with Crippen molar-refractivity contribution in [3.63, 3.8) is 0 Å². The predicted octanol–water partition coefficient (Wildman–Crippen LogP) is 22.7. The predicted molar refractivity (Wildman–Crippen MR) is 361 cm³/mol. The Kier molecular flexibility index (Phi) is 11.7. The largest absolute Gasteiger partial charge is 0.309 e. The summed E-state index contributed by atoms with van der Waals surface area (Å²) in [6, 6.07) is 83.0. The summed E-state index contributed by atoms with van der Waals surface area (Å²) in [6.07, 6.45) is 28.1. The molecule has 0 N–H and O–H groups in total. The van der Waals surface area contributed by atoms with Crippen molar-refractivity contribution < 1.29 is 0 Å². The first kappa shape index (κ1) is 49.8. The van der Waals surface area contributed by atoms with E-state index in [0.717, 1.165) is 32.1 Å². The highest BCUT2D eigenvalue weighted by Gasteiger charge is 2.32. The van der Waals surface area contributed by atoms with E-state index in [1.165, 1.54) is 180 Å². The van der Waals surface area contributed by atoms with E-state index in [0.29, 0.717) is 0 Å². The van der Waals surface area contributed by atoms with Crippen LogP contribution in [0.1, 0.15) is 73.3 Å². The minimum Gasteiger partial charge on any atom is -0.309 e. The normalized spacial score (nSPS) is 16.9. The van der Waals surface area contributed by atoms with Gasteiger partial charge < -0.3 is 4.57 Å². The maximum Gasteiger partial charge on any atom is 0.0541 e. The molecule has 404 valence electrons. The number of allylic oxidation sites excluding steroid dienone is 11. The van der Waals surface area contributed by atoms with Crippen LogP contribution < -0.4 is 0 Å². The van der Waals surface area contributed by atoms with Gasteiger partial charge in [-0.05, 0) is 227 Å². The van der Waals surface area contributed by atoms with Gasteiger partial charge in [0.25, 0.3) is 0 Å². The molecule has 1 unspecified atom stereocenters. The molecule has 1 nitrogen and oxygen atoms in total. The second-order valence-corrected chi connectivity index (χ2v) is 24.7. The monoisotopic (exact) mass is 1090 g/mol. The molecule has 0 aliphatic heterocycles. The number of nitrogens with zero attached hydrogens (tertiary/aromatic N) is 1. The topological polar surface area (TPSA) is 4.93 Å². The molecular weight excluding hydrogens is 1020 g/mol. The third-order valence-electron chi connectivity index (χ3n) is 19.7. The van der Waals surface area contributed by atoms with Crippen molar-refractivity contribution in [1.82, 2.24) is 4.57 Å². The van der Waals surface area contributed by atoms with Crippen LogP contribution in [0, 0.1) is 5.41 Å². The van der Waals surface area contributed by atoms with Gasteiger partial charge in [0.15, 0.2) is 0 Å². The van der Waals surface area contributed by atoms with Crippen LogP contribution in [-0.2, 0) is 12.8 Å². The molecule has 0 radical (unpaired) electrons. The summed E-state index contributed by atoms with van der Waals surface area (Å²) in [5.74, 6) is 0. The van der Waals surface area contributed by atoms with E-state index in [4.69, 9.17) is 0 Å². The number of fused-ring (bicyclic) bond motifs is 10. The van der Waals surface area contributed by atoms with Gasteiger partial charge in [-0.25, -0.2) is 0 Å². The number of rotatable bonds is 8. The zero-order chi connectivity index (χ0) is 56.2. The quantitative estimate of drug-likeness (QED) is 0.134. The molecule has 85 heavy (non-hydrogen) atoms.